The Morgan fingerprint density at radius 3 is 2.62 bits per heavy atom. The molecule has 1 heterocycles. The summed E-state index contributed by atoms with van der Waals surface area (Å²) in [5, 5.41) is 3.54. The van der Waals surface area contributed by atoms with Crippen LogP contribution >= 0.6 is 0 Å². The largest absolute Gasteiger partial charge is 0.469 e. The van der Waals surface area contributed by atoms with Crippen LogP contribution in [0.5, 0.6) is 0 Å². The molecular weight excluding hydrogens is 198 g/mol. The Bertz CT molecular complexity index is 293. The monoisotopic (exact) mass is 223 g/mol. The van der Waals surface area contributed by atoms with Gasteiger partial charge in [0.05, 0.1) is 6.26 Å². The summed E-state index contributed by atoms with van der Waals surface area (Å²) >= 11 is 0. The van der Waals surface area contributed by atoms with Crippen molar-refractivity contribution in [2.24, 2.45) is 5.92 Å². The van der Waals surface area contributed by atoms with Gasteiger partial charge in [-0.1, -0.05) is 33.6 Å². The zero-order valence-corrected chi connectivity index (χ0v) is 11.0. The molecule has 0 aliphatic heterocycles. The van der Waals surface area contributed by atoms with Gasteiger partial charge in [0.25, 0.3) is 0 Å². The molecule has 0 amide bonds. The van der Waals surface area contributed by atoms with Crippen LogP contribution in [-0.4, -0.2) is 6.54 Å². The molecule has 92 valence electrons. The predicted molar refractivity (Wildman–Crippen MR) is 68.6 cm³/mol. The van der Waals surface area contributed by atoms with E-state index in [2.05, 4.69) is 32.2 Å². The summed E-state index contributed by atoms with van der Waals surface area (Å²) in [4.78, 5) is 0. The minimum Gasteiger partial charge on any atom is -0.469 e. The topological polar surface area (TPSA) is 25.2 Å². The highest BCUT2D eigenvalue weighted by atomic mass is 16.3. The van der Waals surface area contributed by atoms with Crippen molar-refractivity contribution in [2.75, 3.05) is 6.54 Å². The van der Waals surface area contributed by atoms with Crippen LogP contribution in [0, 0.1) is 12.8 Å². The van der Waals surface area contributed by atoms with Crippen molar-refractivity contribution < 1.29 is 4.42 Å². The minimum absolute atomic E-state index is 0.448. The summed E-state index contributed by atoms with van der Waals surface area (Å²) in [5.74, 6) is 1.77. The molecule has 1 rings (SSSR count). The van der Waals surface area contributed by atoms with Crippen molar-refractivity contribution >= 4 is 0 Å². The van der Waals surface area contributed by atoms with Crippen LogP contribution in [0.3, 0.4) is 0 Å². The van der Waals surface area contributed by atoms with E-state index in [9.17, 15) is 0 Å². The third-order valence-electron chi connectivity index (χ3n) is 3.02. The minimum atomic E-state index is 0.448. The molecule has 2 heteroatoms. The van der Waals surface area contributed by atoms with Gasteiger partial charge >= 0.3 is 0 Å². The second kappa shape index (κ2) is 6.74. The SMILES string of the molecule is CCCC(C)CC(NCC)c1coc(C)c1. The Hall–Kier alpha value is -0.760. The summed E-state index contributed by atoms with van der Waals surface area (Å²) < 4.78 is 5.39. The van der Waals surface area contributed by atoms with Gasteiger partial charge in [0.1, 0.15) is 5.76 Å². The average Bonchev–Trinajstić information content (AvgIpc) is 2.64. The number of aryl methyl sites for hydroxylation is 1. The van der Waals surface area contributed by atoms with Gasteiger partial charge in [-0.25, -0.2) is 0 Å². The van der Waals surface area contributed by atoms with Gasteiger partial charge in [0, 0.05) is 11.6 Å². The lowest BCUT2D eigenvalue weighted by Gasteiger charge is -2.20. The number of furan rings is 1. The van der Waals surface area contributed by atoms with Gasteiger partial charge in [0.15, 0.2) is 0 Å². The maximum absolute atomic E-state index is 5.39. The molecule has 1 aromatic heterocycles. The van der Waals surface area contributed by atoms with E-state index in [-0.39, 0.29) is 0 Å². The van der Waals surface area contributed by atoms with Crippen LogP contribution in [0.25, 0.3) is 0 Å². The molecule has 1 aromatic rings. The standard InChI is InChI=1S/C14H25NO/c1-5-7-11(3)8-14(15-6-2)13-9-12(4)16-10-13/h9-11,14-15H,5-8H2,1-4H3. The molecule has 0 saturated heterocycles. The lowest BCUT2D eigenvalue weighted by Crippen LogP contribution is -2.22. The molecule has 0 bridgehead atoms. The Morgan fingerprint density at radius 1 is 1.38 bits per heavy atom. The van der Waals surface area contributed by atoms with Crippen LogP contribution < -0.4 is 5.32 Å². The molecule has 0 aromatic carbocycles. The number of nitrogens with one attached hydrogen (secondary N) is 1. The molecule has 16 heavy (non-hydrogen) atoms. The molecule has 0 aliphatic carbocycles. The molecule has 1 N–H and O–H groups in total. The maximum Gasteiger partial charge on any atom is 0.101 e. The van der Waals surface area contributed by atoms with E-state index in [1.54, 1.807) is 0 Å². The Kier molecular flexibility index (Phi) is 5.61. The van der Waals surface area contributed by atoms with Gasteiger partial charge in [-0.3, -0.25) is 0 Å². The smallest absolute Gasteiger partial charge is 0.101 e. The fourth-order valence-electron chi connectivity index (χ4n) is 2.24. The van der Waals surface area contributed by atoms with Crippen molar-refractivity contribution in [3.8, 4) is 0 Å². The van der Waals surface area contributed by atoms with E-state index >= 15 is 0 Å². The first-order valence-electron chi connectivity index (χ1n) is 6.45. The Morgan fingerprint density at radius 2 is 2.12 bits per heavy atom. The van der Waals surface area contributed by atoms with Crippen LogP contribution in [0.2, 0.25) is 0 Å². The zero-order chi connectivity index (χ0) is 12.0. The molecular formula is C14H25NO. The van der Waals surface area contributed by atoms with E-state index in [0.29, 0.717) is 6.04 Å². The summed E-state index contributed by atoms with van der Waals surface area (Å²) in [5.41, 5.74) is 1.29. The van der Waals surface area contributed by atoms with Crippen LogP contribution in [0.15, 0.2) is 16.7 Å². The van der Waals surface area contributed by atoms with Gasteiger partial charge in [-0.05, 0) is 31.9 Å². The lowest BCUT2D eigenvalue weighted by atomic mass is 9.94. The van der Waals surface area contributed by atoms with E-state index in [4.69, 9.17) is 4.42 Å². The first kappa shape index (κ1) is 13.3. The normalized spacial score (nSPS) is 15.0. The molecule has 2 atom stereocenters. The van der Waals surface area contributed by atoms with Gasteiger partial charge in [0.2, 0.25) is 0 Å². The number of hydrogen-bond acceptors (Lipinski definition) is 2. The van der Waals surface area contributed by atoms with Crippen molar-refractivity contribution in [1.82, 2.24) is 5.32 Å². The molecule has 0 aliphatic rings. The predicted octanol–water partition coefficient (Wildman–Crippen LogP) is 4.06. The highest BCUT2D eigenvalue weighted by Gasteiger charge is 2.15. The molecule has 0 radical (unpaired) electrons. The summed E-state index contributed by atoms with van der Waals surface area (Å²) in [7, 11) is 0. The maximum atomic E-state index is 5.39. The summed E-state index contributed by atoms with van der Waals surface area (Å²) in [6.07, 6.45) is 5.66. The van der Waals surface area contributed by atoms with E-state index in [1.807, 2.05) is 13.2 Å². The molecule has 0 fully saturated rings. The average molecular weight is 223 g/mol. The Balaban J connectivity index is 2.60. The van der Waals surface area contributed by atoms with Crippen molar-refractivity contribution in [3.05, 3.63) is 23.7 Å². The van der Waals surface area contributed by atoms with Crippen LogP contribution in [0.1, 0.15) is 57.4 Å². The van der Waals surface area contributed by atoms with Crippen molar-refractivity contribution in [2.45, 2.75) is 53.0 Å². The Labute approximate surface area is 99.4 Å². The molecule has 0 saturated carbocycles. The third-order valence-corrected chi connectivity index (χ3v) is 3.02. The second-order valence-corrected chi connectivity index (χ2v) is 4.73. The van der Waals surface area contributed by atoms with Gasteiger partial charge in [-0.2, -0.15) is 0 Å². The van der Waals surface area contributed by atoms with Crippen LogP contribution in [0.4, 0.5) is 0 Å². The summed E-state index contributed by atoms with van der Waals surface area (Å²) in [6.45, 7) is 9.75. The molecule has 0 spiro atoms. The van der Waals surface area contributed by atoms with E-state index in [0.717, 1.165) is 18.2 Å². The lowest BCUT2D eigenvalue weighted by molar-refractivity contribution is 0.392. The zero-order valence-electron chi connectivity index (χ0n) is 11.0. The van der Waals surface area contributed by atoms with Crippen molar-refractivity contribution in [1.29, 1.82) is 0 Å². The first-order valence-corrected chi connectivity index (χ1v) is 6.45. The highest BCUT2D eigenvalue weighted by Crippen LogP contribution is 2.25. The van der Waals surface area contributed by atoms with Crippen molar-refractivity contribution in [3.63, 3.8) is 0 Å². The number of rotatable bonds is 7. The van der Waals surface area contributed by atoms with Gasteiger partial charge in [-0.15, -0.1) is 0 Å². The fraction of sp³-hybridized carbons (Fsp3) is 0.714. The quantitative estimate of drug-likeness (QED) is 0.754. The van der Waals surface area contributed by atoms with E-state index < -0.39 is 0 Å². The van der Waals surface area contributed by atoms with Gasteiger partial charge < -0.3 is 9.73 Å². The fourth-order valence-corrected chi connectivity index (χ4v) is 2.24. The first-order chi connectivity index (χ1) is 7.67. The molecule has 2 nitrogen and oxygen atoms in total. The van der Waals surface area contributed by atoms with E-state index in [1.165, 1.54) is 24.8 Å². The number of hydrogen-bond donors (Lipinski definition) is 1. The summed E-state index contributed by atoms with van der Waals surface area (Å²) in [6, 6.07) is 2.59. The molecule has 2 unspecified atom stereocenters. The van der Waals surface area contributed by atoms with Crippen LogP contribution in [-0.2, 0) is 0 Å². The second-order valence-electron chi connectivity index (χ2n) is 4.73. The third kappa shape index (κ3) is 4.01. The highest BCUT2D eigenvalue weighted by molar-refractivity contribution is 5.16.